The van der Waals surface area contributed by atoms with Crippen LogP contribution in [0.1, 0.15) is 17.7 Å². The predicted octanol–water partition coefficient (Wildman–Crippen LogP) is 1.74. The zero-order valence-corrected chi connectivity index (χ0v) is 18.0. The van der Waals surface area contributed by atoms with E-state index in [-0.39, 0.29) is 24.0 Å². The van der Waals surface area contributed by atoms with Crippen LogP contribution in [0, 0.1) is 6.92 Å². The minimum Gasteiger partial charge on any atom is -0.482 e. The maximum absolute atomic E-state index is 12.9. The van der Waals surface area contributed by atoms with E-state index in [1.54, 1.807) is 26.4 Å². The lowest BCUT2D eigenvalue weighted by molar-refractivity contribution is -0.118. The van der Waals surface area contributed by atoms with Crippen LogP contribution in [0.15, 0.2) is 39.8 Å². The van der Waals surface area contributed by atoms with Gasteiger partial charge >= 0.3 is 0 Å². The van der Waals surface area contributed by atoms with E-state index in [4.69, 9.17) is 13.9 Å². The van der Waals surface area contributed by atoms with Gasteiger partial charge in [0, 0.05) is 39.4 Å². The number of fused-ring (bicyclic) bond motifs is 1. The molecule has 2 heterocycles. The highest BCUT2D eigenvalue weighted by molar-refractivity contribution is 7.89. The molecule has 0 spiro atoms. The van der Waals surface area contributed by atoms with Crippen LogP contribution >= 0.6 is 0 Å². The Balaban J connectivity index is 1.63. The molecule has 0 bridgehead atoms. The number of aryl methyl sites for hydroxylation is 1. The van der Waals surface area contributed by atoms with Gasteiger partial charge in [-0.2, -0.15) is 0 Å². The van der Waals surface area contributed by atoms with Crippen LogP contribution in [-0.4, -0.2) is 59.2 Å². The largest absolute Gasteiger partial charge is 0.482 e. The van der Waals surface area contributed by atoms with Crippen molar-refractivity contribution in [2.45, 2.75) is 24.8 Å². The van der Waals surface area contributed by atoms with Gasteiger partial charge in [-0.05, 0) is 37.1 Å². The molecule has 0 saturated carbocycles. The maximum Gasteiger partial charge on any atom is 0.262 e. The van der Waals surface area contributed by atoms with Crippen LogP contribution < -0.4 is 14.8 Å². The fraction of sp³-hybridized carbons (Fsp3) is 0.450. The highest BCUT2D eigenvalue weighted by atomic mass is 32.2. The van der Waals surface area contributed by atoms with Gasteiger partial charge in [-0.1, -0.05) is 0 Å². The Morgan fingerprint density at radius 3 is 2.87 bits per heavy atom. The average Bonchev–Trinajstić information content (AvgIpc) is 3.20. The van der Waals surface area contributed by atoms with Crippen molar-refractivity contribution in [1.82, 2.24) is 9.62 Å². The Hall–Kier alpha value is -2.40. The van der Waals surface area contributed by atoms with Crippen LogP contribution in [0.3, 0.4) is 0 Å². The van der Waals surface area contributed by atoms with E-state index in [0.717, 1.165) is 18.7 Å². The summed E-state index contributed by atoms with van der Waals surface area (Å²) in [5, 5.41) is 2.68. The molecule has 30 heavy (non-hydrogen) atoms. The lowest BCUT2D eigenvalue weighted by atomic mass is 10.2. The molecule has 0 saturated heterocycles. The van der Waals surface area contributed by atoms with Gasteiger partial charge < -0.3 is 19.2 Å². The standard InChI is InChI=1S/C20H27N3O6S/c1-15-11-17-18(29-14-20(24)22-17)12-19(15)30(25,26)21-6-8-23(7-4-9-27-2)13-16-5-3-10-28-16/h3,5,10-12,21H,4,6-9,13-14H2,1-2H3,(H,22,24). The summed E-state index contributed by atoms with van der Waals surface area (Å²) in [6, 6.07) is 6.78. The quantitative estimate of drug-likeness (QED) is 0.515. The first-order valence-corrected chi connectivity index (χ1v) is 11.2. The van der Waals surface area contributed by atoms with Crippen molar-refractivity contribution in [2.75, 3.05) is 45.3 Å². The van der Waals surface area contributed by atoms with Crippen molar-refractivity contribution in [1.29, 1.82) is 0 Å². The number of sulfonamides is 1. The topological polar surface area (TPSA) is 110 Å². The fourth-order valence-corrected chi connectivity index (χ4v) is 4.51. The van der Waals surface area contributed by atoms with E-state index in [2.05, 4.69) is 14.9 Å². The number of carbonyl (C=O) groups excluding carboxylic acids is 1. The predicted molar refractivity (Wildman–Crippen MR) is 111 cm³/mol. The van der Waals surface area contributed by atoms with E-state index < -0.39 is 10.0 Å². The first-order valence-electron chi connectivity index (χ1n) is 9.69. The number of amides is 1. The molecular weight excluding hydrogens is 410 g/mol. The highest BCUT2D eigenvalue weighted by Gasteiger charge is 2.23. The molecule has 0 atom stereocenters. The Morgan fingerprint density at radius 2 is 2.13 bits per heavy atom. The maximum atomic E-state index is 12.9. The van der Waals surface area contributed by atoms with E-state index in [0.29, 0.717) is 36.7 Å². The average molecular weight is 438 g/mol. The number of benzene rings is 1. The summed E-state index contributed by atoms with van der Waals surface area (Å²) in [5.41, 5.74) is 1.00. The van der Waals surface area contributed by atoms with Gasteiger partial charge in [0.05, 0.1) is 23.4 Å². The van der Waals surface area contributed by atoms with E-state index >= 15 is 0 Å². The molecule has 164 valence electrons. The number of nitrogens with one attached hydrogen (secondary N) is 2. The molecule has 0 fully saturated rings. The third-order valence-corrected chi connectivity index (χ3v) is 6.30. The Kier molecular flexibility index (Phi) is 7.48. The normalized spacial score (nSPS) is 13.8. The van der Waals surface area contributed by atoms with Gasteiger partial charge in [0.1, 0.15) is 11.5 Å². The van der Waals surface area contributed by atoms with Crippen LogP contribution in [0.2, 0.25) is 0 Å². The molecule has 1 aromatic carbocycles. The molecule has 2 aromatic rings. The van der Waals surface area contributed by atoms with Crippen LogP contribution in [0.4, 0.5) is 5.69 Å². The third kappa shape index (κ3) is 5.82. The van der Waals surface area contributed by atoms with E-state index in [9.17, 15) is 13.2 Å². The van der Waals surface area contributed by atoms with Crippen LogP contribution in [0.5, 0.6) is 5.75 Å². The van der Waals surface area contributed by atoms with Crippen molar-refractivity contribution in [3.8, 4) is 5.75 Å². The lowest BCUT2D eigenvalue weighted by Gasteiger charge is -2.22. The molecule has 3 rings (SSSR count). The van der Waals surface area contributed by atoms with Crippen molar-refractivity contribution < 1.29 is 27.1 Å². The second-order valence-corrected chi connectivity index (χ2v) is 8.79. The van der Waals surface area contributed by atoms with Crippen molar-refractivity contribution in [2.24, 2.45) is 0 Å². The monoisotopic (exact) mass is 437 g/mol. The van der Waals surface area contributed by atoms with Gasteiger partial charge in [0.15, 0.2) is 6.61 Å². The van der Waals surface area contributed by atoms with Crippen molar-refractivity contribution in [3.63, 3.8) is 0 Å². The Bertz CT molecular complexity index is 959. The summed E-state index contributed by atoms with van der Waals surface area (Å²) in [5.74, 6) is 0.903. The van der Waals surface area contributed by atoms with Gasteiger partial charge in [0.2, 0.25) is 10.0 Å². The molecule has 9 nitrogen and oxygen atoms in total. The molecular formula is C20H27N3O6S. The molecule has 0 unspecified atom stereocenters. The van der Waals surface area contributed by atoms with Crippen LogP contribution in [0.25, 0.3) is 0 Å². The fourth-order valence-electron chi connectivity index (χ4n) is 3.25. The number of methoxy groups -OCH3 is 1. The van der Waals surface area contributed by atoms with Gasteiger partial charge in [-0.3, -0.25) is 9.69 Å². The number of carbonyl (C=O) groups is 1. The minimum atomic E-state index is -3.74. The molecule has 1 aromatic heterocycles. The number of furan rings is 1. The Morgan fingerprint density at radius 1 is 1.30 bits per heavy atom. The molecule has 0 radical (unpaired) electrons. The summed E-state index contributed by atoms with van der Waals surface area (Å²) in [6.07, 6.45) is 2.45. The van der Waals surface area contributed by atoms with E-state index in [1.807, 2.05) is 12.1 Å². The molecule has 1 amide bonds. The summed E-state index contributed by atoms with van der Waals surface area (Å²) < 4.78 is 44.2. The van der Waals surface area contributed by atoms with Crippen molar-refractivity contribution >= 4 is 21.6 Å². The second kappa shape index (κ2) is 10.1. The second-order valence-electron chi connectivity index (χ2n) is 7.05. The first kappa shape index (κ1) is 22.3. The Labute approximate surface area is 176 Å². The smallest absolute Gasteiger partial charge is 0.262 e. The molecule has 0 aliphatic carbocycles. The molecule has 10 heteroatoms. The highest BCUT2D eigenvalue weighted by Crippen LogP contribution is 2.32. The summed E-state index contributed by atoms with van der Waals surface area (Å²) in [7, 11) is -2.08. The summed E-state index contributed by atoms with van der Waals surface area (Å²) >= 11 is 0. The van der Waals surface area contributed by atoms with E-state index in [1.165, 1.54) is 6.07 Å². The molecule has 2 N–H and O–H groups in total. The zero-order valence-electron chi connectivity index (χ0n) is 17.1. The minimum absolute atomic E-state index is 0.133. The van der Waals surface area contributed by atoms with Gasteiger partial charge in [-0.15, -0.1) is 0 Å². The number of rotatable bonds is 11. The number of ether oxygens (including phenoxy) is 2. The lowest BCUT2D eigenvalue weighted by Crippen LogP contribution is -2.35. The third-order valence-electron chi connectivity index (χ3n) is 4.70. The molecule has 1 aliphatic heterocycles. The zero-order chi connectivity index (χ0) is 21.6. The van der Waals surface area contributed by atoms with Gasteiger partial charge in [-0.25, -0.2) is 13.1 Å². The molecule has 1 aliphatic rings. The van der Waals surface area contributed by atoms with Crippen LogP contribution in [-0.2, 0) is 26.1 Å². The first-order chi connectivity index (χ1) is 14.4. The number of anilines is 1. The van der Waals surface area contributed by atoms with Gasteiger partial charge in [0.25, 0.3) is 5.91 Å². The number of hydrogen-bond donors (Lipinski definition) is 2. The SMILES string of the molecule is COCCCN(CCNS(=O)(=O)c1cc2c(cc1C)NC(=O)CO2)Cc1ccco1. The summed E-state index contributed by atoms with van der Waals surface area (Å²) in [4.78, 5) is 13.7. The van der Waals surface area contributed by atoms with Crippen molar-refractivity contribution in [3.05, 3.63) is 41.9 Å². The summed E-state index contributed by atoms with van der Waals surface area (Å²) in [6.45, 7) is 4.27. The number of nitrogens with zero attached hydrogens (tertiary/aromatic N) is 1. The number of hydrogen-bond acceptors (Lipinski definition) is 7.